The number of hydrogen-bond donors (Lipinski definition) is 0. The number of oxazole rings is 1. The number of rotatable bonds is 3. The number of nitro benzene ring substituents is 1. The summed E-state index contributed by atoms with van der Waals surface area (Å²) in [6.45, 7) is 2.77. The van der Waals surface area contributed by atoms with Gasteiger partial charge in [-0.1, -0.05) is 18.2 Å². The van der Waals surface area contributed by atoms with E-state index >= 15 is 0 Å². The first-order chi connectivity index (χ1) is 13.0. The SMILES string of the molecule is Cc1c(C(=O)N2CCC(c3nc4ccccc4o3)CC2)cccc1[N+](=O)[O-]. The average molecular weight is 365 g/mol. The van der Waals surface area contributed by atoms with E-state index in [-0.39, 0.29) is 17.5 Å². The summed E-state index contributed by atoms with van der Waals surface area (Å²) in [6, 6.07) is 12.3. The van der Waals surface area contributed by atoms with Crippen LogP contribution < -0.4 is 0 Å². The molecule has 0 atom stereocenters. The molecule has 0 N–H and O–H groups in total. The van der Waals surface area contributed by atoms with Gasteiger partial charge < -0.3 is 9.32 Å². The van der Waals surface area contributed by atoms with Crippen LogP contribution in [0.5, 0.6) is 0 Å². The Morgan fingerprint density at radius 3 is 2.63 bits per heavy atom. The zero-order valence-corrected chi connectivity index (χ0v) is 14.9. The van der Waals surface area contributed by atoms with Gasteiger partial charge in [-0.25, -0.2) is 4.98 Å². The van der Waals surface area contributed by atoms with E-state index in [0.29, 0.717) is 24.2 Å². The van der Waals surface area contributed by atoms with Gasteiger partial charge in [0, 0.05) is 36.2 Å². The summed E-state index contributed by atoms with van der Waals surface area (Å²) in [5, 5.41) is 11.1. The summed E-state index contributed by atoms with van der Waals surface area (Å²) in [5.41, 5.74) is 2.40. The molecule has 1 aliphatic heterocycles. The molecule has 1 amide bonds. The second kappa shape index (κ2) is 6.83. The lowest BCUT2D eigenvalue weighted by Crippen LogP contribution is -2.38. The Morgan fingerprint density at radius 2 is 1.93 bits per heavy atom. The fourth-order valence-corrected chi connectivity index (χ4v) is 3.62. The first kappa shape index (κ1) is 17.2. The van der Waals surface area contributed by atoms with Crippen molar-refractivity contribution in [2.45, 2.75) is 25.7 Å². The number of aromatic nitrogens is 1. The summed E-state index contributed by atoms with van der Waals surface area (Å²) in [4.78, 5) is 29.8. The molecule has 0 unspecified atom stereocenters. The molecular formula is C20H19N3O4. The molecule has 1 aliphatic rings. The van der Waals surface area contributed by atoms with E-state index in [1.807, 2.05) is 24.3 Å². The molecule has 7 heteroatoms. The molecule has 0 radical (unpaired) electrons. The van der Waals surface area contributed by atoms with Crippen LogP contribution in [-0.2, 0) is 0 Å². The van der Waals surface area contributed by atoms with E-state index in [1.54, 1.807) is 24.0 Å². The standard InChI is InChI=1S/C20H19N3O4/c1-13-15(5-4-7-17(13)23(25)26)20(24)22-11-9-14(10-12-22)19-21-16-6-2-3-8-18(16)27-19/h2-8,14H,9-12H2,1H3. The molecule has 3 aromatic rings. The second-order valence-electron chi connectivity index (χ2n) is 6.79. The Bertz CT molecular complexity index is 986. The number of likely N-dealkylation sites (tertiary alicyclic amines) is 1. The Kier molecular flexibility index (Phi) is 4.35. The smallest absolute Gasteiger partial charge is 0.273 e. The van der Waals surface area contributed by atoms with Gasteiger partial charge in [0.15, 0.2) is 11.5 Å². The number of carbonyl (C=O) groups is 1. The van der Waals surface area contributed by atoms with Gasteiger partial charge in [0.05, 0.1) is 4.92 Å². The molecule has 1 saturated heterocycles. The molecule has 0 bridgehead atoms. The molecule has 1 aromatic heterocycles. The number of para-hydroxylation sites is 2. The van der Waals surface area contributed by atoms with E-state index in [2.05, 4.69) is 4.98 Å². The average Bonchev–Trinajstić information content (AvgIpc) is 3.12. The molecule has 2 heterocycles. The van der Waals surface area contributed by atoms with Crippen LogP contribution in [0, 0.1) is 17.0 Å². The van der Waals surface area contributed by atoms with Gasteiger partial charge in [-0.3, -0.25) is 14.9 Å². The van der Waals surface area contributed by atoms with Gasteiger partial charge in [0.2, 0.25) is 0 Å². The molecule has 27 heavy (non-hydrogen) atoms. The summed E-state index contributed by atoms with van der Waals surface area (Å²) in [6.07, 6.45) is 1.51. The maximum Gasteiger partial charge on any atom is 0.273 e. The van der Waals surface area contributed by atoms with Crippen molar-refractivity contribution < 1.29 is 14.1 Å². The monoisotopic (exact) mass is 365 g/mol. The van der Waals surface area contributed by atoms with Gasteiger partial charge in [0.1, 0.15) is 5.52 Å². The molecule has 138 valence electrons. The van der Waals surface area contributed by atoms with Crippen molar-refractivity contribution in [3.8, 4) is 0 Å². The summed E-state index contributed by atoms with van der Waals surface area (Å²) >= 11 is 0. The van der Waals surface area contributed by atoms with Crippen molar-refractivity contribution in [3.05, 3.63) is 69.6 Å². The molecule has 2 aromatic carbocycles. The number of nitrogens with zero attached hydrogens (tertiary/aromatic N) is 3. The number of nitro groups is 1. The normalized spacial score (nSPS) is 15.2. The van der Waals surface area contributed by atoms with E-state index in [4.69, 9.17) is 4.42 Å². The quantitative estimate of drug-likeness (QED) is 0.516. The highest BCUT2D eigenvalue weighted by Crippen LogP contribution is 2.31. The van der Waals surface area contributed by atoms with Crippen molar-refractivity contribution in [1.29, 1.82) is 0 Å². The summed E-state index contributed by atoms with van der Waals surface area (Å²) < 4.78 is 5.86. The molecule has 1 fully saturated rings. The predicted octanol–water partition coefficient (Wildman–Crippen LogP) is 4.06. The molecule has 0 aliphatic carbocycles. The topological polar surface area (TPSA) is 89.5 Å². The third kappa shape index (κ3) is 3.16. The van der Waals surface area contributed by atoms with Crippen LogP contribution in [0.1, 0.15) is 40.6 Å². The van der Waals surface area contributed by atoms with Crippen molar-refractivity contribution in [2.24, 2.45) is 0 Å². The maximum absolute atomic E-state index is 12.8. The molecule has 4 rings (SSSR count). The zero-order valence-electron chi connectivity index (χ0n) is 14.9. The van der Waals surface area contributed by atoms with E-state index in [9.17, 15) is 14.9 Å². The first-order valence-corrected chi connectivity index (χ1v) is 8.93. The lowest BCUT2D eigenvalue weighted by Gasteiger charge is -2.31. The van der Waals surface area contributed by atoms with Crippen LogP contribution in [0.15, 0.2) is 46.9 Å². The summed E-state index contributed by atoms with van der Waals surface area (Å²) in [5.74, 6) is 0.731. The third-order valence-corrected chi connectivity index (χ3v) is 5.17. The Morgan fingerprint density at radius 1 is 1.19 bits per heavy atom. The van der Waals surface area contributed by atoms with Crippen LogP contribution in [0.25, 0.3) is 11.1 Å². The highest BCUT2D eigenvalue weighted by Gasteiger charge is 2.29. The molecule has 0 spiro atoms. The second-order valence-corrected chi connectivity index (χ2v) is 6.79. The minimum atomic E-state index is -0.453. The lowest BCUT2D eigenvalue weighted by atomic mass is 9.95. The van der Waals surface area contributed by atoms with Gasteiger partial charge >= 0.3 is 0 Å². The van der Waals surface area contributed by atoms with Crippen LogP contribution in [0.4, 0.5) is 5.69 Å². The lowest BCUT2D eigenvalue weighted by molar-refractivity contribution is -0.385. The van der Waals surface area contributed by atoms with Gasteiger partial charge in [-0.15, -0.1) is 0 Å². The Balaban J connectivity index is 1.48. The Labute approximate surface area is 155 Å². The Hall–Kier alpha value is -3.22. The van der Waals surface area contributed by atoms with Crippen LogP contribution in [-0.4, -0.2) is 33.8 Å². The minimum Gasteiger partial charge on any atom is -0.440 e. The number of fused-ring (bicyclic) bond motifs is 1. The third-order valence-electron chi connectivity index (χ3n) is 5.17. The maximum atomic E-state index is 12.8. The van der Waals surface area contributed by atoms with E-state index < -0.39 is 4.92 Å². The van der Waals surface area contributed by atoms with Crippen molar-refractivity contribution in [3.63, 3.8) is 0 Å². The van der Waals surface area contributed by atoms with Crippen LogP contribution >= 0.6 is 0 Å². The van der Waals surface area contributed by atoms with E-state index in [0.717, 1.165) is 29.8 Å². The highest BCUT2D eigenvalue weighted by atomic mass is 16.6. The van der Waals surface area contributed by atoms with Gasteiger partial charge in [0.25, 0.3) is 11.6 Å². The minimum absolute atomic E-state index is 0.0257. The van der Waals surface area contributed by atoms with Gasteiger partial charge in [-0.2, -0.15) is 0 Å². The van der Waals surface area contributed by atoms with Gasteiger partial charge in [-0.05, 0) is 38.0 Å². The fourth-order valence-electron chi connectivity index (χ4n) is 3.62. The number of benzene rings is 2. The number of amides is 1. The number of piperidine rings is 1. The predicted molar refractivity (Wildman–Crippen MR) is 99.7 cm³/mol. The first-order valence-electron chi connectivity index (χ1n) is 8.93. The van der Waals surface area contributed by atoms with Crippen LogP contribution in [0.3, 0.4) is 0 Å². The largest absolute Gasteiger partial charge is 0.440 e. The highest BCUT2D eigenvalue weighted by molar-refractivity contribution is 5.96. The summed E-state index contributed by atoms with van der Waals surface area (Å²) in [7, 11) is 0. The number of hydrogen-bond acceptors (Lipinski definition) is 5. The van der Waals surface area contributed by atoms with Crippen molar-refractivity contribution >= 4 is 22.7 Å². The fraction of sp³-hybridized carbons (Fsp3) is 0.300. The number of carbonyl (C=O) groups excluding carboxylic acids is 1. The zero-order chi connectivity index (χ0) is 19.0. The van der Waals surface area contributed by atoms with Crippen molar-refractivity contribution in [2.75, 3.05) is 13.1 Å². The van der Waals surface area contributed by atoms with E-state index in [1.165, 1.54) is 6.07 Å². The van der Waals surface area contributed by atoms with Crippen molar-refractivity contribution in [1.82, 2.24) is 9.88 Å². The molecule has 0 saturated carbocycles. The molecule has 7 nitrogen and oxygen atoms in total. The van der Waals surface area contributed by atoms with Crippen LogP contribution in [0.2, 0.25) is 0 Å². The molecular weight excluding hydrogens is 346 g/mol.